The molecule has 102 heavy (non-hydrogen) atoms. The van der Waals surface area contributed by atoms with Gasteiger partial charge in [-0.25, -0.2) is 0 Å². The van der Waals surface area contributed by atoms with E-state index < -0.39 is 16.1 Å². The molecule has 0 saturated carbocycles. The number of benzene rings is 16. The molecule has 18 rings (SSSR count). The van der Waals surface area contributed by atoms with E-state index >= 15 is 0 Å². The number of allylic oxidation sites excluding steroid dienone is 4. The molecule has 0 atom stereocenters. The third kappa shape index (κ3) is 11.9. The summed E-state index contributed by atoms with van der Waals surface area (Å²) in [7, 11) is -4.56. The number of hydrogen-bond donors (Lipinski definition) is 0. The first-order valence-electron chi connectivity index (χ1n) is 35.7. The summed E-state index contributed by atoms with van der Waals surface area (Å²) < 4.78 is 0. The second-order valence-corrected chi connectivity index (χ2v) is 36.8. The van der Waals surface area contributed by atoms with Crippen molar-refractivity contribution < 1.29 is 0 Å². The van der Waals surface area contributed by atoms with Crippen LogP contribution in [0.15, 0.2) is 388 Å². The quantitative estimate of drug-likeness (QED) is 0.107. The van der Waals surface area contributed by atoms with E-state index in [0.717, 1.165) is 0 Å². The van der Waals surface area contributed by atoms with Crippen molar-refractivity contribution in [3.05, 3.63) is 433 Å². The van der Waals surface area contributed by atoms with E-state index in [-0.39, 0.29) is 0 Å². The molecule has 0 bridgehead atoms. The Hall–Kier alpha value is -12.0. The van der Waals surface area contributed by atoms with Crippen LogP contribution in [0.3, 0.4) is 0 Å². The summed E-state index contributed by atoms with van der Waals surface area (Å²) in [4.78, 5) is 0. The first-order valence-corrected chi connectivity index (χ1v) is 41.7. The Balaban J connectivity index is 0.000000152. The van der Waals surface area contributed by atoms with Crippen LogP contribution in [-0.4, -0.2) is 16.1 Å². The molecule has 0 nitrogen and oxygen atoms in total. The zero-order chi connectivity index (χ0) is 68.7. The first kappa shape index (κ1) is 63.4. The molecular formula is C100H76Si2. The molecule has 0 saturated heterocycles. The van der Waals surface area contributed by atoms with Crippen molar-refractivity contribution in [3.63, 3.8) is 0 Å². The third-order valence-corrected chi connectivity index (χ3v) is 28.4. The van der Waals surface area contributed by atoms with Crippen LogP contribution in [0, 0.1) is 0 Å². The van der Waals surface area contributed by atoms with Crippen LogP contribution in [0.25, 0.3) is 131 Å². The Morgan fingerprint density at radius 2 is 0.284 bits per heavy atom. The maximum absolute atomic E-state index is 2.55. The molecule has 16 aromatic rings. The van der Waals surface area contributed by atoms with Gasteiger partial charge in [0.1, 0.15) is 16.1 Å². The smallest absolute Gasteiger partial charge is 0.0622 e. The molecule has 484 valence electrons. The zero-order valence-electron chi connectivity index (χ0n) is 58.0. The van der Waals surface area contributed by atoms with Gasteiger partial charge in [0.05, 0.1) is 0 Å². The van der Waals surface area contributed by atoms with Gasteiger partial charge in [0.2, 0.25) is 0 Å². The number of fused-ring (bicyclic) bond motifs is 4. The third-order valence-electron chi connectivity index (χ3n) is 21.3. The van der Waals surface area contributed by atoms with Crippen LogP contribution in [0.1, 0.15) is 44.5 Å². The molecule has 0 aliphatic carbocycles. The maximum Gasteiger partial charge on any atom is 0.115 e. The fourth-order valence-corrected chi connectivity index (χ4v) is 24.0. The van der Waals surface area contributed by atoms with Gasteiger partial charge in [-0.3, -0.25) is 0 Å². The minimum Gasteiger partial charge on any atom is -0.0622 e. The van der Waals surface area contributed by atoms with E-state index in [4.69, 9.17) is 0 Å². The Labute approximate surface area is 601 Å². The molecule has 16 aromatic carbocycles. The molecular weight excluding hydrogens is 1260 g/mol. The molecule has 0 unspecified atom stereocenters. The maximum atomic E-state index is 2.55. The Kier molecular flexibility index (Phi) is 16.7. The molecule has 2 aliphatic rings. The number of rotatable bonds is 12. The molecule has 0 fully saturated rings. The monoisotopic (exact) mass is 1330 g/mol. The van der Waals surface area contributed by atoms with Crippen LogP contribution >= 0.6 is 0 Å². The molecule has 0 amide bonds. The highest BCUT2D eigenvalue weighted by molar-refractivity contribution is 7.14. The predicted molar refractivity (Wildman–Crippen MR) is 446 cm³/mol. The van der Waals surface area contributed by atoms with E-state index in [0.29, 0.717) is 0 Å². The lowest BCUT2D eigenvalue weighted by molar-refractivity contribution is 1.57. The summed E-state index contributed by atoms with van der Waals surface area (Å²) in [5.74, 6) is 0. The summed E-state index contributed by atoms with van der Waals surface area (Å²) >= 11 is 0. The molecule has 0 aromatic heterocycles. The fourth-order valence-electron chi connectivity index (χ4n) is 16.4. The first-order chi connectivity index (χ1) is 50.1. The summed E-state index contributed by atoms with van der Waals surface area (Å²) in [6.07, 6.45) is 0. The topological polar surface area (TPSA) is 0 Å². The van der Waals surface area contributed by atoms with Gasteiger partial charge in [0.25, 0.3) is 0 Å². The van der Waals surface area contributed by atoms with Crippen molar-refractivity contribution >= 4 is 102 Å². The normalized spacial score (nSPS) is 14.1. The second kappa shape index (κ2) is 26.9. The fraction of sp³-hybridized carbons (Fsp3) is 0.0400. The zero-order valence-corrected chi connectivity index (χ0v) is 60.0. The SMILES string of the molecule is C[Si]1(C)C(c2ccc(-c3ccc4ccccc4c3)cc2)=C(c2ccccc2)C(c2ccccc2)=C1c1ccc(-c2ccc3ccccc3c2)cc1.C[Si]1(C)C(c2ccc(-c3ccc4ccccc4c3)cc2)=C(c2ccccc2)C(c2ccccc2)=C1c1ccc(-c2ccc3ccccc3c2)cc1. The van der Waals surface area contributed by atoms with Crippen molar-refractivity contribution in [2.75, 3.05) is 0 Å². The highest BCUT2D eigenvalue weighted by Gasteiger charge is 2.45. The van der Waals surface area contributed by atoms with Crippen LogP contribution in [0.2, 0.25) is 26.2 Å². The van der Waals surface area contributed by atoms with Crippen molar-refractivity contribution in [2.24, 2.45) is 0 Å². The Morgan fingerprint density at radius 3 is 0.480 bits per heavy atom. The highest BCUT2D eigenvalue weighted by atomic mass is 28.3. The van der Waals surface area contributed by atoms with E-state index in [1.54, 1.807) is 0 Å². The van der Waals surface area contributed by atoms with Gasteiger partial charge in [-0.05, 0) is 199 Å². The Bertz CT molecular complexity index is 5220. The van der Waals surface area contributed by atoms with E-state index in [1.165, 1.54) is 175 Å². The molecule has 2 heterocycles. The van der Waals surface area contributed by atoms with Gasteiger partial charge >= 0.3 is 0 Å². The van der Waals surface area contributed by atoms with Gasteiger partial charge in [-0.2, -0.15) is 0 Å². The van der Waals surface area contributed by atoms with E-state index in [9.17, 15) is 0 Å². The molecule has 0 N–H and O–H groups in total. The molecule has 0 radical (unpaired) electrons. The average Bonchev–Trinajstić information content (AvgIpc) is 1.56. The van der Waals surface area contributed by atoms with Crippen molar-refractivity contribution in [2.45, 2.75) is 26.2 Å². The van der Waals surface area contributed by atoms with Gasteiger partial charge in [0, 0.05) is 0 Å². The van der Waals surface area contributed by atoms with Crippen LogP contribution in [-0.2, 0) is 0 Å². The largest absolute Gasteiger partial charge is 0.115 e. The van der Waals surface area contributed by atoms with Crippen molar-refractivity contribution in [1.82, 2.24) is 0 Å². The van der Waals surface area contributed by atoms with Gasteiger partial charge < -0.3 is 0 Å². The van der Waals surface area contributed by atoms with Crippen LogP contribution in [0.5, 0.6) is 0 Å². The second-order valence-electron chi connectivity index (χ2n) is 28.3. The molecule has 0 spiro atoms. The van der Waals surface area contributed by atoms with Gasteiger partial charge in [0.15, 0.2) is 0 Å². The summed E-state index contributed by atoms with van der Waals surface area (Å²) in [5, 5.41) is 16.1. The lowest BCUT2D eigenvalue weighted by atomic mass is 9.89. The minimum absolute atomic E-state index is 1.24. The van der Waals surface area contributed by atoms with Crippen molar-refractivity contribution in [1.29, 1.82) is 0 Å². The van der Waals surface area contributed by atoms with Crippen LogP contribution in [0.4, 0.5) is 0 Å². The molecule has 2 heteroatoms. The highest BCUT2D eigenvalue weighted by Crippen LogP contribution is 2.58. The lowest BCUT2D eigenvalue weighted by Gasteiger charge is -2.27. The lowest BCUT2D eigenvalue weighted by Crippen LogP contribution is -2.28. The average molecular weight is 1330 g/mol. The van der Waals surface area contributed by atoms with Crippen LogP contribution < -0.4 is 0 Å². The minimum atomic E-state index is -2.28. The van der Waals surface area contributed by atoms with Gasteiger partial charge in [-0.1, -0.05) is 390 Å². The van der Waals surface area contributed by atoms with Crippen molar-refractivity contribution in [3.8, 4) is 44.5 Å². The Morgan fingerprint density at radius 1 is 0.127 bits per heavy atom. The van der Waals surface area contributed by atoms with E-state index in [2.05, 4.69) is 414 Å². The van der Waals surface area contributed by atoms with E-state index in [1.807, 2.05) is 0 Å². The number of hydrogen-bond acceptors (Lipinski definition) is 0. The molecule has 2 aliphatic heterocycles. The summed E-state index contributed by atoms with van der Waals surface area (Å²) in [6.45, 7) is 10.2. The van der Waals surface area contributed by atoms with Gasteiger partial charge in [-0.15, -0.1) is 0 Å². The predicted octanol–water partition coefficient (Wildman–Crippen LogP) is 27.3. The summed E-state index contributed by atoms with van der Waals surface area (Å²) in [5.41, 5.74) is 25.7. The standard InChI is InChI=1S/2C50H38Si/c2*1-51(2)49(41-27-21-37(22-28-41)45-31-25-35-13-9-11-19-43(35)33-45)47(39-15-5-3-6-16-39)48(40-17-7-4-8-18-40)50(51)42-29-23-38(24-30-42)46-32-26-36-14-10-12-20-44(36)34-46/h2*3-34H,1-2H3. The summed E-state index contributed by atoms with van der Waals surface area (Å²) in [6, 6.07) is 143.